The molecule has 0 aromatic carbocycles. The maximum absolute atomic E-state index is 12.0. The normalized spacial score (nSPS) is 15.5. The van der Waals surface area contributed by atoms with E-state index in [0.29, 0.717) is 0 Å². The van der Waals surface area contributed by atoms with E-state index in [1.807, 2.05) is 0 Å². The molecule has 0 radical (unpaired) electrons. The van der Waals surface area contributed by atoms with E-state index in [0.717, 1.165) is 0 Å². The van der Waals surface area contributed by atoms with E-state index in [1.54, 1.807) is 0 Å². The van der Waals surface area contributed by atoms with Gasteiger partial charge in [-0.25, -0.2) is 0 Å². The van der Waals surface area contributed by atoms with Gasteiger partial charge in [-0.15, -0.1) is 0 Å². The minimum absolute atomic E-state index is 0. The third kappa shape index (κ3) is 4.17. The van der Waals surface area contributed by atoms with Crippen LogP contribution >= 0.6 is 14.6 Å². The van der Waals surface area contributed by atoms with Crippen LogP contribution in [-0.4, -0.2) is 23.7 Å². The maximum atomic E-state index is 12.0. The summed E-state index contributed by atoms with van der Waals surface area (Å²) in [7, 11) is -17.0. The Labute approximate surface area is 124 Å². The Balaban J connectivity index is 0. The van der Waals surface area contributed by atoms with E-state index in [-0.39, 0.29) is 23.7 Å². The predicted molar refractivity (Wildman–Crippen MR) is 42.8 cm³/mol. The van der Waals surface area contributed by atoms with Gasteiger partial charge in [0.05, 0.1) is 0 Å². The summed E-state index contributed by atoms with van der Waals surface area (Å²) in [5, 5.41) is 0. The molecule has 0 heterocycles. The van der Waals surface area contributed by atoms with Crippen LogP contribution < -0.4 is 18.9 Å². The molecule has 0 saturated heterocycles. The Kier molecular flexibility index (Phi) is 6.93. The first-order chi connectivity index (χ1) is 8.71. The standard InChI is InChI=1S/C4F12NO2P2.Li/c5-1(6,7)20(18,2(8,9)10)17-21(19,3(11,12)13)4(14,15)16;/q-1;+1. The molecule has 0 rings (SSSR count). The number of halogens is 12. The monoisotopic (exact) mass is 391 g/mol. The molecule has 22 heavy (non-hydrogen) atoms. The number of rotatable bonds is 2. The molecule has 0 spiro atoms. The van der Waals surface area contributed by atoms with Gasteiger partial charge in [0.1, 0.15) is 0 Å². The second-order valence-corrected chi connectivity index (χ2v) is 8.16. The van der Waals surface area contributed by atoms with Gasteiger partial charge < -0.3 is 14.0 Å². The summed E-state index contributed by atoms with van der Waals surface area (Å²) >= 11 is 0. The second-order valence-electron chi connectivity index (χ2n) is 3.11. The van der Waals surface area contributed by atoms with Crippen molar-refractivity contribution in [1.82, 2.24) is 0 Å². The molecule has 0 N–H and O–H groups in total. The number of hydrogen-bond donors (Lipinski definition) is 0. The van der Waals surface area contributed by atoms with Crippen LogP contribution in [0, 0.1) is 0 Å². The average Bonchev–Trinajstić information content (AvgIpc) is 2.09. The molecule has 128 valence electrons. The van der Waals surface area contributed by atoms with Gasteiger partial charge in [0.25, 0.3) is 0 Å². The molecule has 0 bridgehead atoms. The molecule has 0 aromatic rings. The maximum Gasteiger partial charge on any atom is 1.00 e. The first-order valence-electron chi connectivity index (χ1n) is 3.93. The first-order valence-corrected chi connectivity index (χ1v) is 7.25. The fourth-order valence-electron chi connectivity index (χ4n) is 0.668. The number of hydrogen-bond acceptors (Lipinski definition) is 2. The van der Waals surface area contributed by atoms with Gasteiger partial charge in [-0.3, -0.25) is 0 Å². The molecule has 0 saturated carbocycles. The average molecular weight is 391 g/mol. The van der Waals surface area contributed by atoms with Crippen molar-refractivity contribution in [2.45, 2.75) is 23.7 Å². The van der Waals surface area contributed by atoms with Gasteiger partial charge in [0.15, 0.2) is 0 Å². The summed E-state index contributed by atoms with van der Waals surface area (Å²) < 4.78 is 165. The van der Waals surface area contributed by atoms with Crippen LogP contribution in [-0.2, 0) is 9.13 Å². The fraction of sp³-hybridized carbons (Fsp3) is 1.00. The minimum atomic E-state index is -8.48. The summed E-state index contributed by atoms with van der Waals surface area (Å²) in [6, 6.07) is 0. The molecular weight excluding hydrogens is 391 g/mol. The van der Waals surface area contributed by atoms with Crippen LogP contribution in [0.3, 0.4) is 0 Å². The largest absolute Gasteiger partial charge is 1.00 e. The Hall–Kier alpha value is 0.177. The van der Waals surface area contributed by atoms with E-state index < -0.39 is 38.3 Å². The molecule has 18 heteroatoms. The van der Waals surface area contributed by atoms with Crippen LogP contribution in [0.2, 0.25) is 0 Å². The van der Waals surface area contributed by atoms with Crippen molar-refractivity contribution in [2.75, 3.05) is 0 Å². The van der Waals surface area contributed by atoms with E-state index in [1.165, 1.54) is 0 Å². The zero-order chi connectivity index (χ0) is 17.7. The van der Waals surface area contributed by atoms with E-state index in [4.69, 9.17) is 0 Å². The minimum Gasteiger partial charge on any atom is -0.514 e. The Morgan fingerprint density at radius 1 is 0.500 bits per heavy atom. The molecule has 3 nitrogen and oxygen atoms in total. The van der Waals surface area contributed by atoms with Crippen LogP contribution in [0.4, 0.5) is 52.7 Å². The van der Waals surface area contributed by atoms with Gasteiger partial charge in [-0.2, -0.15) is 52.7 Å². The SMILES string of the molecule is O=P([N-]P(=O)(C(F)(F)F)C(F)(F)F)(C(F)(F)F)C(F)(F)F.[Li+]. The van der Waals surface area contributed by atoms with Gasteiger partial charge in [-0.1, -0.05) is 0 Å². The summed E-state index contributed by atoms with van der Waals surface area (Å²) in [4.78, 5) is 0.236. The summed E-state index contributed by atoms with van der Waals surface area (Å²) in [5.41, 5.74) is 0. The van der Waals surface area contributed by atoms with Crippen molar-refractivity contribution in [3.05, 3.63) is 4.86 Å². The Morgan fingerprint density at radius 2 is 0.636 bits per heavy atom. The number of alkyl halides is 12. The van der Waals surface area contributed by atoms with Crippen molar-refractivity contribution in [3.8, 4) is 0 Å². The molecule has 0 aromatic heterocycles. The second kappa shape index (κ2) is 6.24. The summed E-state index contributed by atoms with van der Waals surface area (Å²) in [6.07, 6.45) is 0. The molecule has 0 fully saturated rings. The first kappa shape index (κ1) is 24.4. The van der Waals surface area contributed by atoms with Gasteiger partial charge in [0.2, 0.25) is 14.6 Å². The molecule has 0 aliphatic rings. The van der Waals surface area contributed by atoms with E-state index >= 15 is 0 Å². The quantitative estimate of drug-likeness (QED) is 0.413. The Bertz CT molecular complexity index is 407. The van der Waals surface area contributed by atoms with Crippen molar-refractivity contribution in [2.24, 2.45) is 0 Å². The fourth-order valence-corrected chi connectivity index (χ4v) is 4.28. The third-order valence-corrected chi connectivity index (χ3v) is 6.39. The molecule has 0 unspecified atom stereocenters. The van der Waals surface area contributed by atoms with E-state index in [9.17, 15) is 61.8 Å². The van der Waals surface area contributed by atoms with Gasteiger partial charge in [-0.05, 0) is 0 Å². The predicted octanol–water partition coefficient (Wildman–Crippen LogP) is 3.00. The van der Waals surface area contributed by atoms with Crippen LogP contribution in [0.1, 0.15) is 0 Å². The van der Waals surface area contributed by atoms with Crippen molar-refractivity contribution in [1.29, 1.82) is 0 Å². The third-order valence-electron chi connectivity index (χ3n) is 1.63. The van der Waals surface area contributed by atoms with Crippen molar-refractivity contribution < 1.29 is 80.7 Å². The van der Waals surface area contributed by atoms with Crippen LogP contribution in [0.5, 0.6) is 0 Å². The van der Waals surface area contributed by atoms with Crippen molar-refractivity contribution in [3.63, 3.8) is 0 Å². The summed E-state index contributed by atoms with van der Waals surface area (Å²) in [6.45, 7) is 0. The molecule has 0 atom stereocenters. The van der Waals surface area contributed by atoms with E-state index in [2.05, 4.69) is 0 Å². The number of nitrogens with zero attached hydrogens (tertiary/aromatic N) is 1. The van der Waals surface area contributed by atoms with Crippen molar-refractivity contribution >= 4 is 14.6 Å². The zero-order valence-electron chi connectivity index (χ0n) is 9.69. The van der Waals surface area contributed by atoms with Gasteiger partial charge in [0, 0.05) is 0 Å². The smallest absolute Gasteiger partial charge is 0.514 e. The van der Waals surface area contributed by atoms with Gasteiger partial charge >= 0.3 is 42.5 Å². The topological polar surface area (TPSA) is 48.2 Å². The zero-order valence-corrected chi connectivity index (χ0v) is 11.5. The van der Waals surface area contributed by atoms with Crippen LogP contribution in [0.25, 0.3) is 4.86 Å². The Morgan fingerprint density at radius 3 is 0.727 bits per heavy atom. The van der Waals surface area contributed by atoms with Crippen LogP contribution in [0.15, 0.2) is 0 Å². The molecule has 0 aliphatic heterocycles. The molecule has 0 aliphatic carbocycles. The molecule has 0 amide bonds. The molecular formula is C4F12LiNO2P2. The summed E-state index contributed by atoms with van der Waals surface area (Å²) in [5.74, 6) is -28.5.